The normalized spacial score (nSPS) is 14.6. The summed E-state index contributed by atoms with van der Waals surface area (Å²) in [5.74, 6) is -2.73. The molecular formula is C21H21ClF2N2O3S. The smallest absolute Gasteiger partial charge is 0.289 e. The number of alkyl halides is 2. The van der Waals surface area contributed by atoms with Crippen LogP contribution in [0, 0.1) is 5.92 Å². The van der Waals surface area contributed by atoms with Crippen LogP contribution in [0.3, 0.4) is 0 Å². The zero-order valence-electron chi connectivity index (χ0n) is 16.0. The molecule has 0 bridgehead atoms. The van der Waals surface area contributed by atoms with E-state index in [1.165, 1.54) is 6.07 Å². The van der Waals surface area contributed by atoms with Crippen LogP contribution in [-0.2, 0) is 9.59 Å². The van der Waals surface area contributed by atoms with Crippen molar-refractivity contribution in [1.29, 1.82) is 0 Å². The molecule has 1 fully saturated rings. The van der Waals surface area contributed by atoms with Gasteiger partial charge in [0.25, 0.3) is 11.7 Å². The summed E-state index contributed by atoms with van der Waals surface area (Å²) < 4.78 is 31.1. The number of piperidine rings is 1. The molecule has 0 aromatic heterocycles. The first kappa shape index (κ1) is 22.4. The number of amides is 2. The average molecular weight is 455 g/mol. The average Bonchev–Trinajstić information content (AvgIpc) is 2.75. The third-order valence-corrected chi connectivity index (χ3v) is 6.04. The minimum atomic E-state index is -2.65. The van der Waals surface area contributed by atoms with Crippen LogP contribution in [0.4, 0.5) is 14.5 Å². The second-order valence-electron chi connectivity index (χ2n) is 6.74. The maximum atomic E-state index is 12.8. The Morgan fingerprint density at radius 1 is 1.13 bits per heavy atom. The van der Waals surface area contributed by atoms with Gasteiger partial charge in [-0.05, 0) is 37.1 Å². The van der Waals surface area contributed by atoms with Gasteiger partial charge in [-0.1, -0.05) is 47.6 Å². The summed E-state index contributed by atoms with van der Waals surface area (Å²) in [5.41, 5.74) is 0.271. The van der Waals surface area contributed by atoms with Crippen LogP contribution in [0.15, 0.2) is 53.4 Å². The van der Waals surface area contributed by atoms with Crippen LogP contribution in [0.1, 0.15) is 12.8 Å². The molecule has 1 N–H and O–H groups in total. The first-order chi connectivity index (χ1) is 14.4. The Kier molecular flexibility index (Phi) is 7.93. The number of thioether (sulfide) groups is 1. The highest BCUT2D eigenvalue weighted by molar-refractivity contribution is 7.99. The molecule has 0 saturated carbocycles. The van der Waals surface area contributed by atoms with E-state index in [0.29, 0.717) is 43.4 Å². The molecular weight excluding hydrogens is 434 g/mol. The van der Waals surface area contributed by atoms with E-state index in [9.17, 15) is 18.4 Å². The summed E-state index contributed by atoms with van der Waals surface area (Å²) >= 11 is 6.31. The van der Waals surface area contributed by atoms with Crippen LogP contribution >= 0.6 is 23.4 Å². The number of nitrogens with zero attached hydrogens (tertiary/aromatic N) is 1. The molecule has 0 aliphatic carbocycles. The van der Waals surface area contributed by atoms with Crippen molar-refractivity contribution < 1.29 is 23.1 Å². The van der Waals surface area contributed by atoms with E-state index in [2.05, 4.69) is 5.32 Å². The van der Waals surface area contributed by atoms with E-state index in [1.807, 2.05) is 18.2 Å². The molecule has 2 aromatic carbocycles. The molecule has 0 unspecified atom stereocenters. The van der Waals surface area contributed by atoms with Gasteiger partial charge in [0, 0.05) is 19.0 Å². The van der Waals surface area contributed by atoms with Gasteiger partial charge in [0.15, 0.2) is 6.61 Å². The lowest BCUT2D eigenvalue weighted by atomic mass is 9.95. The van der Waals surface area contributed by atoms with E-state index >= 15 is 0 Å². The molecule has 1 heterocycles. The number of nitrogens with one attached hydrogen (secondary N) is 1. The molecule has 1 saturated heterocycles. The molecule has 3 rings (SSSR count). The number of benzene rings is 2. The van der Waals surface area contributed by atoms with E-state index in [4.69, 9.17) is 16.3 Å². The van der Waals surface area contributed by atoms with Crippen molar-refractivity contribution in [3.05, 3.63) is 53.6 Å². The first-order valence-electron chi connectivity index (χ1n) is 9.44. The van der Waals surface area contributed by atoms with E-state index in [-0.39, 0.29) is 39.9 Å². The summed E-state index contributed by atoms with van der Waals surface area (Å²) in [7, 11) is 0. The van der Waals surface area contributed by atoms with Gasteiger partial charge in [-0.2, -0.15) is 8.78 Å². The van der Waals surface area contributed by atoms with Gasteiger partial charge in [-0.25, -0.2) is 0 Å². The molecule has 2 aromatic rings. The Bertz CT molecular complexity index is 878. The number of halogens is 3. The zero-order chi connectivity index (χ0) is 21.5. The van der Waals surface area contributed by atoms with Gasteiger partial charge < -0.3 is 15.0 Å². The number of hydrogen-bond donors (Lipinski definition) is 1. The highest BCUT2D eigenvalue weighted by Gasteiger charge is 2.28. The predicted octanol–water partition coefficient (Wildman–Crippen LogP) is 4.91. The van der Waals surface area contributed by atoms with Crippen LogP contribution in [0.2, 0.25) is 5.02 Å². The Hall–Kier alpha value is -2.32. The first-order valence-corrected chi connectivity index (χ1v) is 10.7. The molecule has 5 nitrogen and oxygen atoms in total. The van der Waals surface area contributed by atoms with Gasteiger partial charge in [-0.15, -0.1) is 0 Å². The van der Waals surface area contributed by atoms with Gasteiger partial charge in [0.2, 0.25) is 5.91 Å². The van der Waals surface area contributed by atoms with Gasteiger partial charge in [-0.3, -0.25) is 9.59 Å². The molecule has 0 atom stereocenters. The lowest BCUT2D eigenvalue weighted by molar-refractivity contribution is -0.136. The minimum Gasteiger partial charge on any atom is -0.484 e. The van der Waals surface area contributed by atoms with Crippen LogP contribution in [-0.4, -0.2) is 42.2 Å². The molecule has 30 heavy (non-hydrogen) atoms. The van der Waals surface area contributed by atoms with Crippen LogP contribution < -0.4 is 10.1 Å². The van der Waals surface area contributed by atoms with Crippen LogP contribution in [0.5, 0.6) is 5.75 Å². The van der Waals surface area contributed by atoms with Crippen molar-refractivity contribution in [1.82, 2.24) is 4.90 Å². The third-order valence-electron chi connectivity index (χ3n) is 4.76. The highest BCUT2D eigenvalue weighted by atomic mass is 35.5. The van der Waals surface area contributed by atoms with Crippen molar-refractivity contribution in [2.75, 3.05) is 25.0 Å². The molecule has 9 heteroatoms. The second-order valence-corrected chi connectivity index (χ2v) is 8.15. The fraction of sp³-hybridized carbons (Fsp3) is 0.333. The summed E-state index contributed by atoms with van der Waals surface area (Å²) in [4.78, 5) is 26.8. The van der Waals surface area contributed by atoms with E-state index in [1.54, 1.807) is 29.2 Å². The fourth-order valence-electron chi connectivity index (χ4n) is 3.20. The number of ether oxygens (including phenoxy) is 1. The van der Waals surface area contributed by atoms with Crippen molar-refractivity contribution in [2.24, 2.45) is 5.92 Å². The number of anilines is 1. The number of rotatable bonds is 7. The van der Waals surface area contributed by atoms with Gasteiger partial charge >= 0.3 is 0 Å². The molecule has 0 radical (unpaired) electrons. The Morgan fingerprint density at radius 3 is 2.50 bits per heavy atom. The summed E-state index contributed by atoms with van der Waals surface area (Å²) in [6.45, 7) is 0.810. The molecule has 0 spiro atoms. The lowest BCUT2D eigenvalue weighted by Gasteiger charge is -2.31. The summed E-state index contributed by atoms with van der Waals surface area (Å²) in [5, 5.41) is 2.88. The number of para-hydroxylation sites is 1. The van der Waals surface area contributed by atoms with Crippen molar-refractivity contribution in [2.45, 2.75) is 23.5 Å². The standard InChI is InChI=1S/C21H21ClF2N2O3S/c22-16-7-4-8-17(19(16)30-21(23)24)25-20(28)14-9-11-26(12-10-14)18(27)13-29-15-5-2-1-3-6-15/h1-8,14,21H,9-13H2,(H,25,28). The van der Waals surface area contributed by atoms with E-state index in [0.717, 1.165) is 0 Å². The van der Waals surface area contributed by atoms with Gasteiger partial charge in [0.05, 0.1) is 15.6 Å². The highest BCUT2D eigenvalue weighted by Crippen LogP contribution is 2.38. The topological polar surface area (TPSA) is 58.6 Å². The third kappa shape index (κ3) is 6.09. The van der Waals surface area contributed by atoms with Gasteiger partial charge in [0.1, 0.15) is 5.75 Å². The number of carbonyl (C=O) groups is 2. The largest absolute Gasteiger partial charge is 0.484 e. The van der Waals surface area contributed by atoms with Crippen molar-refractivity contribution in [3.8, 4) is 5.75 Å². The maximum Gasteiger partial charge on any atom is 0.289 e. The zero-order valence-corrected chi connectivity index (χ0v) is 17.6. The van der Waals surface area contributed by atoms with Crippen molar-refractivity contribution >= 4 is 40.9 Å². The molecule has 1 aliphatic heterocycles. The molecule has 160 valence electrons. The maximum absolute atomic E-state index is 12.8. The summed E-state index contributed by atoms with van der Waals surface area (Å²) in [6.07, 6.45) is 0.974. The van der Waals surface area contributed by atoms with Crippen LogP contribution in [0.25, 0.3) is 0 Å². The predicted molar refractivity (Wildman–Crippen MR) is 113 cm³/mol. The molecule has 2 amide bonds. The van der Waals surface area contributed by atoms with Crippen molar-refractivity contribution in [3.63, 3.8) is 0 Å². The monoisotopic (exact) mass is 454 g/mol. The van der Waals surface area contributed by atoms with E-state index < -0.39 is 5.76 Å². The Morgan fingerprint density at radius 2 is 1.83 bits per heavy atom. The molecule has 1 aliphatic rings. The Labute approximate surface area is 182 Å². The summed E-state index contributed by atoms with van der Waals surface area (Å²) in [6, 6.07) is 13.7. The number of hydrogen-bond acceptors (Lipinski definition) is 4. The minimum absolute atomic E-state index is 0.0579. The quantitative estimate of drug-likeness (QED) is 0.604. The Balaban J connectivity index is 1.51. The number of likely N-dealkylation sites (tertiary alicyclic amines) is 1. The SMILES string of the molecule is O=C(Nc1cccc(Cl)c1SC(F)F)C1CCN(C(=O)COc2ccccc2)CC1. The second kappa shape index (κ2) is 10.6. The lowest BCUT2D eigenvalue weighted by Crippen LogP contribution is -2.43. The fourth-order valence-corrected chi connectivity index (χ4v) is 4.11. The number of carbonyl (C=O) groups excluding carboxylic acids is 2.